The van der Waals surface area contributed by atoms with Gasteiger partial charge in [0, 0.05) is 0 Å². The van der Waals surface area contributed by atoms with E-state index in [-0.39, 0.29) is 24.8 Å². The fraction of sp³-hybridized carbons (Fsp3) is 1.00. The maximum absolute atomic E-state index is 5.32. The number of hydrogen-bond donors (Lipinski definition) is 1. The van der Waals surface area contributed by atoms with Crippen molar-refractivity contribution in [3.05, 3.63) is 0 Å². The van der Waals surface area contributed by atoms with Crippen LogP contribution in [0.2, 0.25) is 3.93 Å². The van der Waals surface area contributed by atoms with E-state index in [1.807, 2.05) is 0 Å². The fourth-order valence-electron chi connectivity index (χ4n) is 0.595. The Morgan fingerprint density at radius 2 is 1.80 bits per heavy atom. The summed E-state index contributed by atoms with van der Waals surface area (Å²) in [6.45, 7) is 3.15. The predicted octanol–water partition coefficient (Wildman–Crippen LogP) is 1.94. The summed E-state index contributed by atoms with van der Waals surface area (Å²) < 4.78 is 0.939. The van der Waals surface area contributed by atoms with Crippen LogP contribution in [0.5, 0.6) is 0 Å². The molecule has 0 saturated heterocycles. The molecule has 0 saturated carbocycles. The third-order valence-corrected chi connectivity index (χ3v) is 1.92. The Kier molecular flexibility index (Phi) is 22.6. The first-order chi connectivity index (χ1) is 3.77. The molecule has 0 aromatic rings. The van der Waals surface area contributed by atoms with Gasteiger partial charge in [-0.2, -0.15) is 0 Å². The van der Waals surface area contributed by atoms with E-state index < -0.39 is 0 Å². The Hall–Kier alpha value is 1.34. The van der Waals surface area contributed by atoms with E-state index in [1.165, 1.54) is 19.3 Å². The van der Waals surface area contributed by atoms with E-state index in [0.29, 0.717) is 0 Å². The summed E-state index contributed by atoms with van der Waals surface area (Å²) >= 11 is 1.66. The number of hydrogen-bond acceptors (Lipinski definition) is 1. The molecule has 1 atom stereocenters. The zero-order valence-corrected chi connectivity index (χ0v) is 10.8. The zero-order valence-electron chi connectivity index (χ0n) is 6.30. The third kappa shape index (κ3) is 16.2. The Bertz CT molecular complexity index is 53.0. The number of halogens is 2. The number of nitrogens with two attached hydrogens (primary N) is 1. The molecule has 0 spiro atoms. The Balaban J connectivity index is -0.000000245. The van der Waals surface area contributed by atoms with E-state index in [2.05, 4.69) is 6.92 Å². The van der Waals surface area contributed by atoms with Gasteiger partial charge in [-0.15, -0.1) is 24.8 Å². The first kappa shape index (κ1) is 17.4. The summed E-state index contributed by atoms with van der Waals surface area (Å²) in [4.78, 5) is 0. The summed E-state index contributed by atoms with van der Waals surface area (Å²) in [6, 6.07) is 0. The first-order valence-electron chi connectivity index (χ1n) is 3.18. The van der Waals surface area contributed by atoms with Gasteiger partial charge >= 0.3 is 64.9 Å². The maximum atomic E-state index is 5.32. The van der Waals surface area contributed by atoms with Crippen molar-refractivity contribution in [1.29, 1.82) is 0 Å². The molecule has 0 aliphatic rings. The van der Waals surface area contributed by atoms with Crippen molar-refractivity contribution in [3.8, 4) is 0 Å². The molecular formula is C6H16Cl2NSn. The van der Waals surface area contributed by atoms with Crippen molar-refractivity contribution >= 4 is 47.3 Å². The average Bonchev–Trinajstić information content (AvgIpc) is 1.66. The van der Waals surface area contributed by atoms with Gasteiger partial charge in [-0.1, -0.05) is 0 Å². The first-order valence-corrected chi connectivity index (χ1v) is 4.83. The largest absolute Gasteiger partial charge is 0.147 e. The quantitative estimate of drug-likeness (QED) is 0.622. The summed E-state index contributed by atoms with van der Waals surface area (Å²) in [6.07, 6.45) is 3.90. The molecule has 0 aliphatic carbocycles. The molecule has 63 valence electrons. The molecule has 0 bridgehead atoms. The standard InChI is InChI=1S/C6H14N.2ClH.Sn/c1-2-3-4-5-6-7;;;/h2H,3-7H2,1H3;2*1H;. The van der Waals surface area contributed by atoms with Gasteiger partial charge in [-0.05, 0) is 0 Å². The van der Waals surface area contributed by atoms with Crippen LogP contribution in [0, 0.1) is 0 Å². The van der Waals surface area contributed by atoms with E-state index in [0.717, 1.165) is 10.5 Å². The van der Waals surface area contributed by atoms with Crippen LogP contribution in [0.1, 0.15) is 26.2 Å². The van der Waals surface area contributed by atoms with E-state index >= 15 is 0 Å². The van der Waals surface area contributed by atoms with Crippen molar-refractivity contribution in [3.63, 3.8) is 0 Å². The Morgan fingerprint density at radius 3 is 2.10 bits per heavy atom. The second-order valence-electron chi connectivity index (χ2n) is 2.19. The fourth-order valence-corrected chi connectivity index (χ4v) is 1.18. The van der Waals surface area contributed by atoms with Gasteiger partial charge in [0.25, 0.3) is 0 Å². The minimum Gasteiger partial charge on any atom is -0.147 e. The second-order valence-corrected chi connectivity index (χ2v) is 5.00. The second kappa shape index (κ2) is 13.0. The minimum absolute atomic E-state index is 0. The average molecular weight is 292 g/mol. The molecule has 0 aromatic carbocycles. The summed E-state index contributed by atoms with van der Waals surface area (Å²) in [5, 5.41) is 0. The molecule has 0 amide bonds. The normalized spacial score (nSPS) is 11.1. The SMILES string of the molecule is C[CH]([Sn])CCCCN.Cl.Cl. The molecule has 10 heavy (non-hydrogen) atoms. The molecule has 4 heteroatoms. The molecular weight excluding hydrogens is 276 g/mol. The topological polar surface area (TPSA) is 26.0 Å². The molecule has 0 rings (SSSR count). The van der Waals surface area contributed by atoms with E-state index in [4.69, 9.17) is 5.73 Å². The van der Waals surface area contributed by atoms with E-state index in [9.17, 15) is 0 Å². The molecule has 0 aromatic heterocycles. The summed E-state index contributed by atoms with van der Waals surface area (Å²) in [5.41, 5.74) is 5.32. The zero-order chi connectivity index (χ0) is 6.41. The molecule has 1 unspecified atom stereocenters. The van der Waals surface area contributed by atoms with Crippen molar-refractivity contribution < 1.29 is 0 Å². The molecule has 3 radical (unpaired) electrons. The van der Waals surface area contributed by atoms with Crippen molar-refractivity contribution in [2.45, 2.75) is 30.1 Å². The Labute approximate surface area is 89.4 Å². The molecule has 2 N–H and O–H groups in total. The number of rotatable bonds is 4. The monoisotopic (exact) mass is 292 g/mol. The molecule has 0 heterocycles. The van der Waals surface area contributed by atoms with Crippen molar-refractivity contribution in [1.82, 2.24) is 0 Å². The van der Waals surface area contributed by atoms with Gasteiger partial charge in [0.05, 0.1) is 0 Å². The summed E-state index contributed by atoms with van der Waals surface area (Å²) in [7, 11) is 0. The van der Waals surface area contributed by atoms with E-state index in [1.54, 1.807) is 22.5 Å². The van der Waals surface area contributed by atoms with Crippen LogP contribution in [-0.2, 0) is 0 Å². The summed E-state index contributed by atoms with van der Waals surface area (Å²) in [5.74, 6) is 0. The van der Waals surface area contributed by atoms with Gasteiger partial charge in [0.15, 0.2) is 0 Å². The van der Waals surface area contributed by atoms with Gasteiger partial charge in [-0.3, -0.25) is 0 Å². The van der Waals surface area contributed by atoms with Crippen LogP contribution >= 0.6 is 24.8 Å². The van der Waals surface area contributed by atoms with Crippen molar-refractivity contribution in [2.75, 3.05) is 6.54 Å². The number of unbranched alkanes of at least 4 members (excludes halogenated alkanes) is 1. The molecule has 0 fully saturated rings. The maximum Gasteiger partial charge on any atom is -0.147 e. The Morgan fingerprint density at radius 1 is 1.30 bits per heavy atom. The van der Waals surface area contributed by atoms with Crippen LogP contribution in [0.25, 0.3) is 0 Å². The van der Waals surface area contributed by atoms with Crippen LogP contribution in [0.4, 0.5) is 0 Å². The van der Waals surface area contributed by atoms with Crippen LogP contribution in [0.15, 0.2) is 0 Å². The minimum atomic E-state index is 0. The van der Waals surface area contributed by atoms with Crippen LogP contribution in [0.3, 0.4) is 0 Å². The molecule has 1 nitrogen and oxygen atoms in total. The van der Waals surface area contributed by atoms with Gasteiger partial charge in [0.1, 0.15) is 0 Å². The smallest absolute Gasteiger partial charge is 0.147 e. The van der Waals surface area contributed by atoms with Crippen molar-refractivity contribution in [2.24, 2.45) is 5.73 Å². The van der Waals surface area contributed by atoms with Gasteiger partial charge in [-0.25, -0.2) is 0 Å². The predicted molar refractivity (Wildman–Crippen MR) is 52.6 cm³/mol. The van der Waals surface area contributed by atoms with Gasteiger partial charge in [0.2, 0.25) is 0 Å². The molecule has 0 aliphatic heterocycles. The van der Waals surface area contributed by atoms with Crippen LogP contribution in [-0.4, -0.2) is 29.1 Å². The third-order valence-electron chi connectivity index (χ3n) is 1.09. The van der Waals surface area contributed by atoms with Crippen LogP contribution < -0.4 is 5.73 Å². The van der Waals surface area contributed by atoms with Gasteiger partial charge < -0.3 is 0 Å².